The van der Waals surface area contributed by atoms with Crippen LogP contribution in [-0.4, -0.2) is 31.1 Å². The zero-order valence-corrected chi connectivity index (χ0v) is 15.3. The number of nitrogens with one attached hydrogen (secondary N) is 1. The van der Waals surface area contributed by atoms with Gasteiger partial charge in [-0.1, -0.05) is 19.1 Å². The molecule has 0 unspecified atom stereocenters. The molecule has 0 aliphatic carbocycles. The van der Waals surface area contributed by atoms with Gasteiger partial charge in [0.25, 0.3) is 5.91 Å². The minimum absolute atomic E-state index is 0.344. The van der Waals surface area contributed by atoms with Crippen LogP contribution in [-0.2, 0) is 19.1 Å². The maximum atomic E-state index is 13.0. The number of esters is 2. The molecule has 7 heteroatoms. The van der Waals surface area contributed by atoms with Gasteiger partial charge in [-0.05, 0) is 54.5 Å². The van der Waals surface area contributed by atoms with Crippen molar-refractivity contribution in [2.45, 2.75) is 13.3 Å². The van der Waals surface area contributed by atoms with Crippen LogP contribution in [0.3, 0.4) is 0 Å². The fourth-order valence-electron chi connectivity index (χ4n) is 2.12. The lowest BCUT2D eigenvalue weighted by atomic mass is 10.2. The third kappa shape index (κ3) is 7.03. The van der Waals surface area contributed by atoms with Crippen LogP contribution in [0, 0.1) is 5.82 Å². The van der Waals surface area contributed by atoms with Crippen molar-refractivity contribution in [1.82, 2.24) is 0 Å². The predicted molar refractivity (Wildman–Crippen MR) is 102 cm³/mol. The lowest BCUT2D eigenvalue weighted by Crippen LogP contribution is -2.20. The minimum atomic E-state index is -0.728. The zero-order valence-electron chi connectivity index (χ0n) is 15.3. The lowest BCUT2D eigenvalue weighted by molar-refractivity contribution is -0.142. The van der Waals surface area contributed by atoms with Gasteiger partial charge in [0.1, 0.15) is 5.82 Å². The summed E-state index contributed by atoms with van der Waals surface area (Å²) >= 11 is 0. The van der Waals surface area contributed by atoms with Crippen LogP contribution in [0.2, 0.25) is 0 Å². The number of hydrogen-bond acceptors (Lipinski definition) is 5. The van der Waals surface area contributed by atoms with Crippen molar-refractivity contribution in [2.75, 3.05) is 18.5 Å². The molecule has 0 spiro atoms. The number of amides is 1. The molecule has 146 valence electrons. The second-order valence-corrected chi connectivity index (χ2v) is 5.76. The first-order chi connectivity index (χ1) is 13.5. The molecular weight excluding hydrogens is 365 g/mol. The first kappa shape index (κ1) is 20.8. The van der Waals surface area contributed by atoms with Crippen LogP contribution in [0.4, 0.5) is 10.1 Å². The van der Waals surface area contributed by atoms with E-state index in [2.05, 4.69) is 5.32 Å². The lowest BCUT2D eigenvalue weighted by Gasteiger charge is -2.07. The summed E-state index contributed by atoms with van der Waals surface area (Å²) in [6, 6.07) is 11.9. The van der Waals surface area contributed by atoms with Gasteiger partial charge in [-0.25, -0.2) is 14.0 Å². The summed E-state index contributed by atoms with van der Waals surface area (Å²) in [5.74, 6) is -2.11. The number of hydrogen-bond donors (Lipinski definition) is 1. The van der Waals surface area contributed by atoms with E-state index in [1.54, 1.807) is 18.2 Å². The number of rotatable bonds is 8. The molecule has 28 heavy (non-hydrogen) atoms. The molecule has 0 atom stereocenters. The number of benzene rings is 2. The Hall–Kier alpha value is -3.48. The van der Waals surface area contributed by atoms with E-state index in [1.165, 1.54) is 36.4 Å². The van der Waals surface area contributed by atoms with Crippen molar-refractivity contribution in [2.24, 2.45) is 0 Å². The van der Waals surface area contributed by atoms with Gasteiger partial charge in [0.2, 0.25) is 0 Å². The van der Waals surface area contributed by atoms with E-state index >= 15 is 0 Å². The highest BCUT2D eigenvalue weighted by Crippen LogP contribution is 2.11. The Morgan fingerprint density at radius 1 is 1.07 bits per heavy atom. The maximum absolute atomic E-state index is 13.0. The van der Waals surface area contributed by atoms with Gasteiger partial charge in [-0.2, -0.15) is 0 Å². The fourth-order valence-corrected chi connectivity index (χ4v) is 2.12. The van der Waals surface area contributed by atoms with E-state index in [9.17, 15) is 18.8 Å². The molecule has 0 saturated carbocycles. The Kier molecular flexibility index (Phi) is 7.90. The molecule has 6 nitrogen and oxygen atoms in total. The van der Waals surface area contributed by atoms with Gasteiger partial charge in [0.15, 0.2) is 6.61 Å². The Labute approximate surface area is 162 Å². The van der Waals surface area contributed by atoms with Crippen LogP contribution < -0.4 is 5.32 Å². The van der Waals surface area contributed by atoms with E-state index < -0.39 is 30.3 Å². The average Bonchev–Trinajstić information content (AvgIpc) is 2.69. The highest BCUT2D eigenvalue weighted by Gasteiger charge is 2.09. The molecule has 0 radical (unpaired) electrons. The molecule has 1 amide bonds. The van der Waals surface area contributed by atoms with Crippen LogP contribution >= 0.6 is 0 Å². The number of ether oxygens (including phenoxy) is 2. The van der Waals surface area contributed by atoms with Gasteiger partial charge >= 0.3 is 11.9 Å². The molecule has 0 aliphatic rings. The molecule has 2 aromatic carbocycles. The van der Waals surface area contributed by atoms with Crippen LogP contribution in [0.1, 0.15) is 29.3 Å². The zero-order chi connectivity index (χ0) is 20.4. The van der Waals surface area contributed by atoms with Crippen LogP contribution in [0.25, 0.3) is 6.08 Å². The van der Waals surface area contributed by atoms with E-state index in [-0.39, 0.29) is 0 Å². The monoisotopic (exact) mass is 385 g/mol. The Bertz CT molecular complexity index is 861. The van der Waals surface area contributed by atoms with Crippen LogP contribution in [0.15, 0.2) is 54.6 Å². The van der Waals surface area contributed by atoms with Crippen molar-refractivity contribution < 1.29 is 28.2 Å². The number of carbonyl (C=O) groups excluding carboxylic acids is 3. The summed E-state index contributed by atoms with van der Waals surface area (Å²) < 4.78 is 22.9. The van der Waals surface area contributed by atoms with Gasteiger partial charge in [-0.15, -0.1) is 0 Å². The van der Waals surface area contributed by atoms with Gasteiger partial charge < -0.3 is 14.8 Å². The fraction of sp³-hybridized carbons (Fsp3) is 0.190. The highest BCUT2D eigenvalue weighted by atomic mass is 19.1. The molecule has 0 aliphatic heterocycles. The highest BCUT2D eigenvalue weighted by molar-refractivity contribution is 5.95. The molecule has 0 bridgehead atoms. The summed E-state index contributed by atoms with van der Waals surface area (Å²) in [5.41, 5.74) is 1.32. The average molecular weight is 385 g/mol. The molecule has 0 saturated heterocycles. The van der Waals surface area contributed by atoms with Crippen molar-refractivity contribution >= 4 is 29.6 Å². The SMILES string of the molecule is CCCOC(=O)c1ccc(NC(=O)COC(=O)/C=C/c2cccc(F)c2)cc1. The van der Waals surface area contributed by atoms with Crippen molar-refractivity contribution in [3.8, 4) is 0 Å². The van der Waals surface area contributed by atoms with E-state index in [0.717, 1.165) is 12.5 Å². The summed E-state index contributed by atoms with van der Waals surface area (Å²) in [6.07, 6.45) is 3.23. The predicted octanol–water partition coefficient (Wildman–Crippen LogP) is 3.59. The first-order valence-electron chi connectivity index (χ1n) is 8.65. The molecule has 1 N–H and O–H groups in total. The van der Waals surface area contributed by atoms with E-state index in [1.807, 2.05) is 6.92 Å². The normalized spacial score (nSPS) is 10.5. The van der Waals surface area contributed by atoms with Crippen molar-refractivity contribution in [3.05, 3.63) is 71.6 Å². The number of halogens is 1. The van der Waals surface area contributed by atoms with Crippen molar-refractivity contribution in [3.63, 3.8) is 0 Å². The van der Waals surface area contributed by atoms with E-state index in [0.29, 0.717) is 23.4 Å². The summed E-state index contributed by atoms with van der Waals surface area (Å²) in [4.78, 5) is 35.2. The minimum Gasteiger partial charge on any atom is -0.462 e. The molecule has 0 heterocycles. The smallest absolute Gasteiger partial charge is 0.338 e. The maximum Gasteiger partial charge on any atom is 0.338 e. The molecule has 0 aromatic heterocycles. The second-order valence-electron chi connectivity index (χ2n) is 5.76. The quantitative estimate of drug-likeness (QED) is 0.555. The van der Waals surface area contributed by atoms with E-state index in [4.69, 9.17) is 9.47 Å². The van der Waals surface area contributed by atoms with Gasteiger partial charge in [0.05, 0.1) is 12.2 Å². The Morgan fingerprint density at radius 3 is 2.50 bits per heavy atom. The summed E-state index contributed by atoms with van der Waals surface area (Å²) in [6.45, 7) is 1.76. The summed E-state index contributed by atoms with van der Waals surface area (Å²) in [5, 5.41) is 2.55. The number of anilines is 1. The third-order valence-corrected chi connectivity index (χ3v) is 3.45. The Morgan fingerprint density at radius 2 is 1.82 bits per heavy atom. The van der Waals surface area contributed by atoms with Crippen LogP contribution in [0.5, 0.6) is 0 Å². The topological polar surface area (TPSA) is 81.7 Å². The van der Waals surface area contributed by atoms with Crippen molar-refractivity contribution in [1.29, 1.82) is 0 Å². The van der Waals surface area contributed by atoms with Gasteiger partial charge in [0, 0.05) is 11.8 Å². The third-order valence-electron chi connectivity index (χ3n) is 3.45. The van der Waals surface area contributed by atoms with Gasteiger partial charge in [-0.3, -0.25) is 4.79 Å². The molecular formula is C21H20FNO5. The second kappa shape index (κ2) is 10.6. The molecule has 2 rings (SSSR count). The standard InChI is InChI=1S/C21H20FNO5/c1-2-12-27-21(26)16-7-9-18(10-8-16)23-19(24)14-28-20(25)11-6-15-4-3-5-17(22)13-15/h3-11,13H,2,12,14H2,1H3,(H,23,24)/b11-6+. The molecule has 2 aromatic rings. The number of carbonyl (C=O) groups is 3. The first-order valence-corrected chi connectivity index (χ1v) is 8.65. The Balaban J connectivity index is 1.78. The summed E-state index contributed by atoms with van der Waals surface area (Å²) in [7, 11) is 0. The largest absolute Gasteiger partial charge is 0.462 e. The molecule has 0 fully saturated rings.